The molecule has 0 saturated carbocycles. The number of hydrogen-bond donors (Lipinski definition) is 1. The van der Waals surface area contributed by atoms with Crippen molar-refractivity contribution in [2.45, 2.75) is 13.0 Å². The van der Waals surface area contributed by atoms with Crippen LogP contribution in [-0.4, -0.2) is 43.4 Å². The van der Waals surface area contributed by atoms with Crippen LogP contribution >= 0.6 is 0 Å². The van der Waals surface area contributed by atoms with Gasteiger partial charge in [0.15, 0.2) is 0 Å². The molecule has 1 fully saturated rings. The molecule has 3 aromatic rings. The van der Waals surface area contributed by atoms with Gasteiger partial charge in [0.2, 0.25) is 5.91 Å². The first-order chi connectivity index (χ1) is 17.7. The summed E-state index contributed by atoms with van der Waals surface area (Å²) in [5.41, 5.74) is -0.491. The van der Waals surface area contributed by atoms with Gasteiger partial charge in [-0.05, 0) is 42.0 Å². The highest BCUT2D eigenvalue weighted by atomic mass is 19.1. The van der Waals surface area contributed by atoms with E-state index in [0.717, 1.165) is 29.3 Å². The Balaban J connectivity index is 1.48. The van der Waals surface area contributed by atoms with E-state index < -0.39 is 41.2 Å². The molecular formula is C26H20F3N3O5. The van der Waals surface area contributed by atoms with Gasteiger partial charge in [-0.25, -0.2) is 22.8 Å². The number of rotatable bonds is 7. The number of nitrogens with zero attached hydrogens (tertiary/aromatic N) is 2. The number of benzene rings is 3. The minimum absolute atomic E-state index is 0.0190. The van der Waals surface area contributed by atoms with Gasteiger partial charge in [-0.2, -0.15) is 0 Å². The van der Waals surface area contributed by atoms with Crippen LogP contribution in [0.5, 0.6) is 0 Å². The summed E-state index contributed by atoms with van der Waals surface area (Å²) in [6.45, 7) is 1.34. The normalized spacial score (nSPS) is 15.1. The van der Waals surface area contributed by atoms with Gasteiger partial charge in [-0.15, -0.1) is 0 Å². The molecule has 2 amide bonds. The Hall–Kier alpha value is -4.67. The third-order valence-corrected chi connectivity index (χ3v) is 5.42. The van der Waals surface area contributed by atoms with E-state index in [1.807, 2.05) is 0 Å². The lowest BCUT2D eigenvalue weighted by molar-refractivity contribution is -0.119. The van der Waals surface area contributed by atoms with Crippen molar-refractivity contribution in [1.29, 1.82) is 0 Å². The van der Waals surface area contributed by atoms with Crippen LogP contribution in [0.15, 0.2) is 65.8 Å². The molecule has 1 saturated heterocycles. The van der Waals surface area contributed by atoms with E-state index in [1.165, 1.54) is 31.2 Å². The highest BCUT2D eigenvalue weighted by molar-refractivity contribution is 5.91. The first kappa shape index (κ1) is 25.4. The van der Waals surface area contributed by atoms with E-state index in [1.54, 1.807) is 18.2 Å². The lowest BCUT2D eigenvalue weighted by Gasteiger charge is -2.15. The molecule has 8 nitrogen and oxygen atoms in total. The summed E-state index contributed by atoms with van der Waals surface area (Å²) in [6.07, 6.45) is -0.534. The van der Waals surface area contributed by atoms with Crippen molar-refractivity contribution < 1.29 is 37.1 Å². The molecule has 1 atom stereocenters. The topological polar surface area (TPSA) is 97.3 Å². The van der Waals surface area contributed by atoms with Gasteiger partial charge in [-0.3, -0.25) is 9.69 Å². The van der Waals surface area contributed by atoms with E-state index in [0.29, 0.717) is 0 Å². The zero-order chi connectivity index (χ0) is 26.5. The van der Waals surface area contributed by atoms with Crippen molar-refractivity contribution in [1.82, 2.24) is 5.32 Å². The Morgan fingerprint density at radius 2 is 1.78 bits per heavy atom. The predicted molar refractivity (Wildman–Crippen MR) is 128 cm³/mol. The van der Waals surface area contributed by atoms with Crippen LogP contribution < -0.4 is 10.2 Å². The second-order valence-electron chi connectivity index (χ2n) is 8.05. The average molecular weight is 511 g/mol. The van der Waals surface area contributed by atoms with Crippen LogP contribution in [0.25, 0.3) is 11.1 Å². The third kappa shape index (κ3) is 5.95. The van der Waals surface area contributed by atoms with Gasteiger partial charge in [0.05, 0.1) is 36.1 Å². The third-order valence-electron chi connectivity index (χ3n) is 5.42. The average Bonchev–Trinajstić information content (AvgIpc) is 3.24. The maximum Gasteiger partial charge on any atom is 0.414 e. The quantitative estimate of drug-likeness (QED) is 0.288. The monoisotopic (exact) mass is 511 g/mol. The van der Waals surface area contributed by atoms with E-state index in [9.17, 15) is 27.6 Å². The van der Waals surface area contributed by atoms with Crippen molar-refractivity contribution in [2.24, 2.45) is 5.16 Å². The molecule has 4 rings (SSSR count). The van der Waals surface area contributed by atoms with Crippen molar-refractivity contribution in [3.05, 3.63) is 89.2 Å². The molecule has 1 aliphatic heterocycles. The summed E-state index contributed by atoms with van der Waals surface area (Å²) < 4.78 is 49.6. The fourth-order valence-electron chi connectivity index (χ4n) is 3.63. The number of cyclic esters (lactones) is 1. The van der Waals surface area contributed by atoms with Crippen LogP contribution in [0.2, 0.25) is 0 Å². The largest absolute Gasteiger partial charge is 0.442 e. The van der Waals surface area contributed by atoms with E-state index in [-0.39, 0.29) is 41.4 Å². The van der Waals surface area contributed by atoms with Crippen LogP contribution in [-0.2, 0) is 14.4 Å². The number of nitrogens with one attached hydrogen (secondary N) is 1. The van der Waals surface area contributed by atoms with Crippen molar-refractivity contribution in [2.75, 3.05) is 18.0 Å². The SMILES string of the molecule is CC(=O)NCC1CN(c2cc(F)c(-c3ccc(/C=N/OC(=O)c4ccccc4)c(F)c3)c(F)c2)C(=O)O1. The fourth-order valence-corrected chi connectivity index (χ4v) is 3.63. The molecule has 0 radical (unpaired) electrons. The smallest absolute Gasteiger partial charge is 0.414 e. The Labute approximate surface area is 209 Å². The lowest BCUT2D eigenvalue weighted by Crippen LogP contribution is -2.33. The second-order valence-corrected chi connectivity index (χ2v) is 8.05. The van der Waals surface area contributed by atoms with Gasteiger partial charge < -0.3 is 14.9 Å². The molecule has 1 unspecified atom stereocenters. The summed E-state index contributed by atoms with van der Waals surface area (Å²) in [4.78, 5) is 40.9. The zero-order valence-electron chi connectivity index (χ0n) is 19.4. The maximum absolute atomic E-state index is 14.9. The summed E-state index contributed by atoms with van der Waals surface area (Å²) in [5.74, 6) is -3.95. The molecule has 0 aromatic heterocycles. The number of hydrogen-bond acceptors (Lipinski definition) is 6. The minimum Gasteiger partial charge on any atom is -0.442 e. The Morgan fingerprint density at radius 3 is 2.43 bits per heavy atom. The van der Waals surface area contributed by atoms with Gasteiger partial charge >= 0.3 is 12.1 Å². The lowest BCUT2D eigenvalue weighted by atomic mass is 10.0. The van der Waals surface area contributed by atoms with Crippen molar-refractivity contribution >= 4 is 29.9 Å². The molecule has 1 aliphatic rings. The molecule has 190 valence electrons. The standard InChI is InChI=1S/C26H20F3N3O5/c1-15(33)30-13-20-14-32(26(35)36-20)19-10-22(28)24(23(29)11-19)17-7-8-18(21(27)9-17)12-31-37-25(34)16-5-3-2-4-6-16/h2-12,20H,13-14H2,1H3,(H,30,33)/b31-12+. The first-order valence-electron chi connectivity index (χ1n) is 11.0. The summed E-state index contributed by atoms with van der Waals surface area (Å²) in [7, 11) is 0. The van der Waals surface area contributed by atoms with Gasteiger partial charge in [0.25, 0.3) is 0 Å². The Bertz CT molecular complexity index is 1360. The van der Waals surface area contributed by atoms with Gasteiger partial charge in [0, 0.05) is 12.5 Å². The molecule has 1 heterocycles. The fraction of sp³-hybridized carbons (Fsp3) is 0.154. The molecule has 0 spiro atoms. The highest BCUT2D eigenvalue weighted by Gasteiger charge is 2.33. The van der Waals surface area contributed by atoms with Crippen LogP contribution in [0.3, 0.4) is 0 Å². The van der Waals surface area contributed by atoms with Crippen molar-refractivity contribution in [3.8, 4) is 11.1 Å². The molecule has 0 aliphatic carbocycles. The summed E-state index contributed by atoms with van der Waals surface area (Å²) in [5, 5.41) is 5.98. The molecule has 37 heavy (non-hydrogen) atoms. The Kier molecular flexibility index (Phi) is 7.52. The predicted octanol–water partition coefficient (Wildman–Crippen LogP) is 4.42. The highest BCUT2D eigenvalue weighted by Crippen LogP contribution is 2.32. The number of amides is 2. The second kappa shape index (κ2) is 10.9. The van der Waals surface area contributed by atoms with Crippen LogP contribution in [0.4, 0.5) is 23.7 Å². The van der Waals surface area contributed by atoms with E-state index >= 15 is 0 Å². The minimum atomic E-state index is -1.02. The van der Waals surface area contributed by atoms with Crippen molar-refractivity contribution in [3.63, 3.8) is 0 Å². The Morgan fingerprint density at radius 1 is 1.08 bits per heavy atom. The first-order valence-corrected chi connectivity index (χ1v) is 11.0. The van der Waals surface area contributed by atoms with Crippen LogP contribution in [0, 0.1) is 17.5 Å². The molecule has 3 aromatic carbocycles. The van der Waals surface area contributed by atoms with Crippen LogP contribution in [0.1, 0.15) is 22.8 Å². The summed E-state index contributed by atoms with van der Waals surface area (Å²) in [6, 6.07) is 13.4. The van der Waals surface area contributed by atoms with Gasteiger partial charge in [-0.1, -0.05) is 29.4 Å². The number of carbonyl (C=O) groups is 3. The summed E-state index contributed by atoms with van der Waals surface area (Å²) >= 11 is 0. The maximum atomic E-state index is 14.9. The van der Waals surface area contributed by atoms with E-state index in [2.05, 4.69) is 10.5 Å². The number of oxime groups is 1. The molecule has 0 bridgehead atoms. The molecule has 11 heteroatoms. The number of anilines is 1. The number of halogens is 3. The molecular weight excluding hydrogens is 491 g/mol. The zero-order valence-corrected chi connectivity index (χ0v) is 19.4. The molecule has 1 N–H and O–H groups in total. The number of ether oxygens (including phenoxy) is 1. The number of carbonyl (C=O) groups excluding carboxylic acids is 3. The van der Waals surface area contributed by atoms with E-state index in [4.69, 9.17) is 9.57 Å². The van der Waals surface area contributed by atoms with Gasteiger partial charge in [0.1, 0.15) is 23.6 Å².